The minimum Gasteiger partial charge on any atom is -0.337 e. The second-order valence-corrected chi connectivity index (χ2v) is 5.58. The van der Waals surface area contributed by atoms with E-state index < -0.39 is 0 Å². The molecule has 7 heteroatoms. The summed E-state index contributed by atoms with van der Waals surface area (Å²) in [7, 11) is 0. The third-order valence-corrected chi connectivity index (χ3v) is 3.87. The topological polar surface area (TPSA) is 67.1 Å². The Morgan fingerprint density at radius 1 is 1.35 bits per heavy atom. The van der Waals surface area contributed by atoms with E-state index in [2.05, 4.69) is 41.3 Å². The van der Waals surface area contributed by atoms with Gasteiger partial charge in [0.25, 0.3) is 0 Å². The highest BCUT2D eigenvalue weighted by atomic mass is 79.9. The molecule has 1 aliphatic heterocycles. The van der Waals surface area contributed by atoms with Crippen LogP contribution in [0.25, 0.3) is 11.5 Å². The van der Waals surface area contributed by atoms with Crippen LogP contribution in [0.1, 0.15) is 12.3 Å². The van der Waals surface area contributed by atoms with Crippen LogP contribution in [-0.4, -0.2) is 46.2 Å². The number of nitrogens with one attached hydrogen (secondary N) is 1. The van der Waals surface area contributed by atoms with E-state index in [4.69, 9.17) is 4.52 Å². The van der Waals surface area contributed by atoms with Gasteiger partial charge in [-0.2, -0.15) is 4.98 Å². The Hall–Kier alpha value is -1.31. The highest BCUT2D eigenvalue weighted by molar-refractivity contribution is 9.10. The zero-order valence-electron chi connectivity index (χ0n) is 11.0. The van der Waals surface area contributed by atoms with Crippen molar-refractivity contribution in [3.8, 4) is 11.5 Å². The normalized spacial score (nSPS) is 17.1. The molecule has 20 heavy (non-hydrogen) atoms. The lowest BCUT2D eigenvalue weighted by Crippen LogP contribution is -2.27. The molecule has 0 aliphatic carbocycles. The molecule has 0 atom stereocenters. The van der Waals surface area contributed by atoms with Crippen LogP contribution in [0.4, 0.5) is 0 Å². The van der Waals surface area contributed by atoms with E-state index in [9.17, 15) is 0 Å². The minimum absolute atomic E-state index is 0.528. The number of hydrogen-bond acceptors (Lipinski definition) is 6. The average molecular weight is 338 g/mol. The number of hydrogen-bond donors (Lipinski definition) is 1. The summed E-state index contributed by atoms with van der Waals surface area (Å²) in [6.07, 6.45) is 2.86. The SMILES string of the molecule is Brc1cccnc1-c1noc(CN2CCCNCC2)n1. The van der Waals surface area contributed by atoms with Crippen LogP contribution in [0.3, 0.4) is 0 Å². The van der Waals surface area contributed by atoms with Gasteiger partial charge in [0.05, 0.1) is 6.54 Å². The molecule has 0 radical (unpaired) electrons. The highest BCUT2D eigenvalue weighted by Gasteiger charge is 2.16. The molecule has 106 valence electrons. The predicted molar refractivity (Wildman–Crippen MR) is 78.0 cm³/mol. The molecular formula is C13H16BrN5O. The van der Waals surface area contributed by atoms with E-state index in [0.717, 1.165) is 37.1 Å². The summed E-state index contributed by atoms with van der Waals surface area (Å²) in [5.74, 6) is 1.17. The van der Waals surface area contributed by atoms with Crippen LogP contribution in [-0.2, 0) is 6.54 Å². The van der Waals surface area contributed by atoms with Crippen LogP contribution in [0.2, 0.25) is 0 Å². The molecule has 3 heterocycles. The third kappa shape index (κ3) is 3.23. The van der Waals surface area contributed by atoms with Gasteiger partial charge in [0.1, 0.15) is 5.69 Å². The Morgan fingerprint density at radius 2 is 2.30 bits per heavy atom. The molecule has 1 saturated heterocycles. The predicted octanol–water partition coefficient (Wildman–Crippen LogP) is 1.69. The maximum atomic E-state index is 5.33. The number of pyridine rings is 1. The standard InChI is InChI=1S/C13H16BrN5O/c14-10-3-1-5-16-12(10)13-17-11(20-18-13)9-19-7-2-4-15-6-8-19/h1,3,5,15H,2,4,6-9H2. The van der Waals surface area contributed by atoms with Crippen molar-refractivity contribution in [3.05, 3.63) is 28.7 Å². The van der Waals surface area contributed by atoms with Gasteiger partial charge in [0, 0.05) is 23.8 Å². The van der Waals surface area contributed by atoms with Crippen LogP contribution >= 0.6 is 15.9 Å². The average Bonchev–Trinajstić information content (AvgIpc) is 2.75. The number of rotatable bonds is 3. The Kier molecular flexibility index (Phi) is 4.39. The van der Waals surface area contributed by atoms with Gasteiger partial charge in [0.15, 0.2) is 0 Å². The summed E-state index contributed by atoms with van der Waals surface area (Å²) in [4.78, 5) is 11.0. The second-order valence-electron chi connectivity index (χ2n) is 4.73. The van der Waals surface area contributed by atoms with Crippen LogP contribution in [0.5, 0.6) is 0 Å². The summed E-state index contributed by atoms with van der Waals surface area (Å²) in [6.45, 7) is 4.83. The quantitative estimate of drug-likeness (QED) is 0.919. The molecule has 1 fully saturated rings. The first-order valence-electron chi connectivity index (χ1n) is 6.69. The summed E-state index contributed by atoms with van der Waals surface area (Å²) in [6, 6.07) is 3.78. The monoisotopic (exact) mass is 337 g/mol. The van der Waals surface area contributed by atoms with Crippen molar-refractivity contribution in [2.75, 3.05) is 26.2 Å². The molecule has 0 unspecified atom stereocenters. The molecule has 3 rings (SSSR count). The first kappa shape index (κ1) is 13.7. The molecule has 1 N–H and O–H groups in total. The molecular weight excluding hydrogens is 322 g/mol. The maximum absolute atomic E-state index is 5.33. The van der Waals surface area contributed by atoms with Gasteiger partial charge in [-0.3, -0.25) is 9.88 Å². The fraction of sp³-hybridized carbons (Fsp3) is 0.462. The van der Waals surface area contributed by atoms with Gasteiger partial charge in [-0.15, -0.1) is 0 Å². The summed E-state index contributed by atoms with van der Waals surface area (Å²) in [5.41, 5.74) is 0.708. The van der Waals surface area contributed by atoms with Gasteiger partial charge < -0.3 is 9.84 Å². The number of halogens is 1. The first-order valence-corrected chi connectivity index (χ1v) is 7.49. The molecule has 0 bridgehead atoms. The summed E-state index contributed by atoms with van der Waals surface area (Å²) < 4.78 is 6.20. The van der Waals surface area contributed by atoms with Gasteiger partial charge >= 0.3 is 0 Å². The summed E-state index contributed by atoms with van der Waals surface area (Å²) >= 11 is 3.45. The molecule has 0 spiro atoms. The zero-order valence-corrected chi connectivity index (χ0v) is 12.6. The number of nitrogens with zero attached hydrogens (tertiary/aromatic N) is 4. The van der Waals surface area contributed by atoms with Crippen LogP contribution in [0.15, 0.2) is 27.3 Å². The Bertz CT molecular complexity index is 565. The molecule has 2 aromatic heterocycles. The van der Waals surface area contributed by atoms with E-state index in [0.29, 0.717) is 24.0 Å². The second kappa shape index (κ2) is 6.43. The van der Waals surface area contributed by atoms with Crippen molar-refractivity contribution in [2.45, 2.75) is 13.0 Å². The lowest BCUT2D eigenvalue weighted by molar-refractivity contribution is 0.239. The lowest BCUT2D eigenvalue weighted by atomic mass is 10.3. The van der Waals surface area contributed by atoms with Crippen molar-refractivity contribution >= 4 is 15.9 Å². The van der Waals surface area contributed by atoms with Crippen molar-refractivity contribution in [1.82, 2.24) is 25.3 Å². The van der Waals surface area contributed by atoms with Gasteiger partial charge in [0.2, 0.25) is 11.7 Å². The minimum atomic E-state index is 0.528. The van der Waals surface area contributed by atoms with Gasteiger partial charge in [-0.05, 0) is 47.6 Å². The molecule has 0 amide bonds. The largest absolute Gasteiger partial charge is 0.337 e. The molecule has 1 aliphatic rings. The van der Waals surface area contributed by atoms with Crippen molar-refractivity contribution in [1.29, 1.82) is 0 Å². The Morgan fingerprint density at radius 3 is 3.20 bits per heavy atom. The number of aromatic nitrogens is 3. The van der Waals surface area contributed by atoms with E-state index in [1.807, 2.05) is 12.1 Å². The van der Waals surface area contributed by atoms with E-state index >= 15 is 0 Å². The fourth-order valence-electron chi connectivity index (χ4n) is 2.22. The highest BCUT2D eigenvalue weighted by Crippen LogP contribution is 2.23. The summed E-state index contributed by atoms with van der Waals surface area (Å²) in [5, 5.41) is 7.39. The van der Waals surface area contributed by atoms with Crippen LogP contribution < -0.4 is 5.32 Å². The maximum Gasteiger partial charge on any atom is 0.241 e. The molecule has 2 aromatic rings. The molecule has 0 aromatic carbocycles. The third-order valence-electron chi connectivity index (χ3n) is 3.23. The van der Waals surface area contributed by atoms with Crippen molar-refractivity contribution in [2.24, 2.45) is 0 Å². The molecule has 0 saturated carbocycles. The first-order chi connectivity index (χ1) is 9.83. The fourth-order valence-corrected chi connectivity index (χ4v) is 2.65. The van der Waals surface area contributed by atoms with E-state index in [1.54, 1.807) is 6.20 Å². The van der Waals surface area contributed by atoms with Gasteiger partial charge in [-0.25, -0.2) is 0 Å². The Balaban J connectivity index is 1.72. The zero-order chi connectivity index (χ0) is 13.8. The molecule has 6 nitrogen and oxygen atoms in total. The Labute approximate surface area is 125 Å². The van der Waals surface area contributed by atoms with Gasteiger partial charge in [-0.1, -0.05) is 5.16 Å². The van der Waals surface area contributed by atoms with E-state index in [-0.39, 0.29) is 0 Å². The smallest absolute Gasteiger partial charge is 0.241 e. The van der Waals surface area contributed by atoms with Crippen molar-refractivity contribution < 1.29 is 4.52 Å². The lowest BCUT2D eigenvalue weighted by Gasteiger charge is -2.16. The van der Waals surface area contributed by atoms with E-state index in [1.165, 1.54) is 0 Å². The van der Waals surface area contributed by atoms with Crippen molar-refractivity contribution in [3.63, 3.8) is 0 Å². The van der Waals surface area contributed by atoms with Crippen LogP contribution in [0, 0.1) is 0 Å².